The number of nitrogens with zero attached hydrogens (tertiary/aromatic N) is 2. The summed E-state index contributed by atoms with van der Waals surface area (Å²) in [5.41, 5.74) is 0.782. The summed E-state index contributed by atoms with van der Waals surface area (Å²) in [7, 11) is 0. The van der Waals surface area contributed by atoms with Crippen molar-refractivity contribution in [3.63, 3.8) is 0 Å². The van der Waals surface area contributed by atoms with Gasteiger partial charge in [-0.05, 0) is 24.3 Å². The van der Waals surface area contributed by atoms with E-state index in [0.29, 0.717) is 47.1 Å². The zero-order chi connectivity index (χ0) is 24.2. The van der Waals surface area contributed by atoms with Crippen LogP contribution in [-0.2, 0) is 4.79 Å². The van der Waals surface area contributed by atoms with E-state index in [1.165, 1.54) is 12.3 Å². The maximum atomic E-state index is 13.3. The normalized spacial score (nSPS) is 12.9. The van der Waals surface area contributed by atoms with Crippen molar-refractivity contribution in [1.29, 1.82) is 0 Å². The smallest absolute Gasteiger partial charge is 0.231 e. The van der Waals surface area contributed by atoms with Crippen molar-refractivity contribution < 1.29 is 23.8 Å². The molecule has 0 saturated heterocycles. The quantitative estimate of drug-likeness (QED) is 0.329. The second-order valence-electron chi connectivity index (χ2n) is 7.89. The molecule has 1 aliphatic heterocycles. The molecule has 5 rings (SSSR count). The second-order valence-corrected chi connectivity index (χ2v) is 7.89. The molecule has 0 aliphatic carbocycles. The largest absolute Gasteiger partial charge is 0.508 e. The minimum Gasteiger partial charge on any atom is -0.508 e. The van der Waals surface area contributed by atoms with Crippen LogP contribution in [0.15, 0.2) is 70.3 Å². The molecule has 1 amide bonds. The Balaban J connectivity index is 1.40. The van der Waals surface area contributed by atoms with Gasteiger partial charge in [0.25, 0.3) is 0 Å². The number of phenolic OH excluding ortho intramolecular Hbond substituents is 1. The molecule has 1 atom stereocenters. The first-order chi connectivity index (χ1) is 17.1. The van der Waals surface area contributed by atoms with Gasteiger partial charge in [0.1, 0.15) is 11.3 Å². The predicted molar refractivity (Wildman–Crippen MR) is 127 cm³/mol. The molecular weight excluding hydrogens is 452 g/mol. The third-order valence-corrected chi connectivity index (χ3v) is 5.67. The topological polar surface area (TPSA) is 136 Å². The van der Waals surface area contributed by atoms with E-state index in [1.54, 1.807) is 48.8 Å². The van der Waals surface area contributed by atoms with Crippen molar-refractivity contribution in [3.05, 3.63) is 82.5 Å². The van der Waals surface area contributed by atoms with Gasteiger partial charge in [-0.2, -0.15) is 0 Å². The summed E-state index contributed by atoms with van der Waals surface area (Å²) < 4.78 is 16.5. The van der Waals surface area contributed by atoms with Gasteiger partial charge in [-0.1, -0.05) is 12.1 Å². The van der Waals surface area contributed by atoms with Crippen LogP contribution in [-0.4, -0.2) is 40.9 Å². The Morgan fingerprint density at radius 2 is 1.80 bits per heavy atom. The van der Waals surface area contributed by atoms with Crippen molar-refractivity contribution in [2.75, 3.05) is 25.2 Å². The first-order valence-electron chi connectivity index (χ1n) is 11.0. The maximum Gasteiger partial charge on any atom is 0.231 e. The van der Waals surface area contributed by atoms with Gasteiger partial charge in [-0.25, -0.2) is 9.97 Å². The van der Waals surface area contributed by atoms with E-state index >= 15 is 0 Å². The lowest BCUT2D eigenvalue weighted by Gasteiger charge is -2.19. The van der Waals surface area contributed by atoms with Gasteiger partial charge in [0, 0.05) is 55.0 Å². The summed E-state index contributed by atoms with van der Waals surface area (Å²) in [5.74, 6) is 0.0852. The van der Waals surface area contributed by atoms with E-state index in [4.69, 9.17) is 13.9 Å². The number of ether oxygens (including phenoxy) is 2. The van der Waals surface area contributed by atoms with E-state index in [9.17, 15) is 14.7 Å². The number of fused-ring (bicyclic) bond motifs is 2. The Kier molecular flexibility index (Phi) is 6.16. The Bertz CT molecular complexity index is 1420. The molecular formula is C25H22N4O6. The molecule has 3 N–H and O–H groups in total. The van der Waals surface area contributed by atoms with Gasteiger partial charge >= 0.3 is 0 Å². The molecule has 178 valence electrons. The Morgan fingerprint density at radius 1 is 1.03 bits per heavy atom. The number of phenols is 1. The van der Waals surface area contributed by atoms with Gasteiger partial charge in [-0.3, -0.25) is 9.59 Å². The highest BCUT2D eigenvalue weighted by Crippen LogP contribution is 2.42. The molecule has 35 heavy (non-hydrogen) atoms. The Labute approximate surface area is 199 Å². The van der Waals surface area contributed by atoms with E-state index in [0.717, 1.165) is 0 Å². The van der Waals surface area contributed by atoms with Crippen molar-refractivity contribution >= 4 is 22.8 Å². The number of amides is 1. The maximum absolute atomic E-state index is 13.3. The standard InChI is InChI=1S/C25H22N4O6/c30-19-12-22-21(34-14-35-22)10-17(19)16(18-13-33-20-5-2-1-4-15(20)24(18)32)11-23(31)26-8-9-29-25-27-6-3-7-28-25/h1-7,10,12-13,16,30H,8-9,11,14H2,(H,26,31)(H,27,28,29). The summed E-state index contributed by atoms with van der Waals surface area (Å²) in [5, 5.41) is 17.0. The molecule has 10 heteroatoms. The number of nitrogens with one attached hydrogen (secondary N) is 2. The molecule has 4 aromatic rings. The molecule has 0 bridgehead atoms. The molecule has 0 saturated carbocycles. The number of carbonyl (C=O) groups is 1. The second kappa shape index (κ2) is 9.72. The fourth-order valence-electron chi connectivity index (χ4n) is 3.97. The van der Waals surface area contributed by atoms with Crippen LogP contribution in [0.25, 0.3) is 11.0 Å². The summed E-state index contributed by atoms with van der Waals surface area (Å²) >= 11 is 0. The van der Waals surface area contributed by atoms with Crippen LogP contribution in [0.3, 0.4) is 0 Å². The van der Waals surface area contributed by atoms with Crippen LogP contribution in [0.2, 0.25) is 0 Å². The van der Waals surface area contributed by atoms with Crippen molar-refractivity contribution in [3.8, 4) is 17.2 Å². The lowest BCUT2D eigenvalue weighted by Crippen LogP contribution is -2.31. The minimum atomic E-state index is -0.782. The van der Waals surface area contributed by atoms with Crippen LogP contribution in [0.4, 0.5) is 5.95 Å². The Hall–Kier alpha value is -4.60. The van der Waals surface area contributed by atoms with E-state index < -0.39 is 5.92 Å². The third kappa shape index (κ3) is 4.72. The fourth-order valence-corrected chi connectivity index (χ4v) is 3.97. The number of para-hydroxylation sites is 1. The van der Waals surface area contributed by atoms with Crippen LogP contribution in [0, 0.1) is 0 Å². The number of hydrogen-bond acceptors (Lipinski definition) is 9. The average Bonchev–Trinajstić information content (AvgIpc) is 3.33. The number of aromatic nitrogens is 2. The van der Waals surface area contributed by atoms with Crippen molar-refractivity contribution in [2.24, 2.45) is 0 Å². The number of anilines is 1. The van der Waals surface area contributed by atoms with Gasteiger partial charge < -0.3 is 29.6 Å². The average molecular weight is 474 g/mol. The van der Waals surface area contributed by atoms with Crippen molar-refractivity contribution in [1.82, 2.24) is 15.3 Å². The molecule has 0 spiro atoms. The van der Waals surface area contributed by atoms with Crippen LogP contribution < -0.4 is 25.5 Å². The summed E-state index contributed by atoms with van der Waals surface area (Å²) in [6.07, 6.45) is 4.48. The SMILES string of the molecule is O=C(CC(c1cc2c(cc1O)OCO2)c1coc2ccccc2c1=O)NCCNc1ncccn1. The third-order valence-electron chi connectivity index (χ3n) is 5.67. The summed E-state index contributed by atoms with van der Waals surface area (Å²) in [6, 6.07) is 11.6. The molecule has 10 nitrogen and oxygen atoms in total. The van der Waals surface area contributed by atoms with Crippen molar-refractivity contribution in [2.45, 2.75) is 12.3 Å². The molecule has 1 aliphatic rings. The van der Waals surface area contributed by atoms with E-state index in [-0.39, 0.29) is 35.9 Å². The highest BCUT2D eigenvalue weighted by Gasteiger charge is 2.28. The Morgan fingerprint density at radius 3 is 2.63 bits per heavy atom. The van der Waals surface area contributed by atoms with Gasteiger partial charge in [0.05, 0.1) is 11.6 Å². The van der Waals surface area contributed by atoms with E-state index in [1.807, 2.05) is 0 Å². The van der Waals surface area contributed by atoms with Gasteiger partial charge in [0.2, 0.25) is 18.6 Å². The zero-order valence-corrected chi connectivity index (χ0v) is 18.6. The van der Waals surface area contributed by atoms with Gasteiger partial charge in [0.15, 0.2) is 16.9 Å². The number of benzene rings is 2. The summed E-state index contributed by atoms with van der Waals surface area (Å²) in [4.78, 5) is 34.4. The van der Waals surface area contributed by atoms with Crippen LogP contribution >= 0.6 is 0 Å². The van der Waals surface area contributed by atoms with Gasteiger partial charge in [-0.15, -0.1) is 0 Å². The molecule has 2 aromatic heterocycles. The minimum absolute atomic E-state index is 0.0274. The summed E-state index contributed by atoms with van der Waals surface area (Å²) in [6.45, 7) is 0.747. The highest BCUT2D eigenvalue weighted by molar-refractivity contribution is 5.80. The molecule has 0 radical (unpaired) electrons. The highest BCUT2D eigenvalue weighted by atomic mass is 16.7. The molecule has 3 heterocycles. The monoisotopic (exact) mass is 474 g/mol. The lowest BCUT2D eigenvalue weighted by atomic mass is 9.87. The number of carbonyl (C=O) groups excluding carboxylic acids is 1. The number of rotatable bonds is 8. The van der Waals surface area contributed by atoms with Crippen LogP contribution in [0.5, 0.6) is 17.2 Å². The first kappa shape index (κ1) is 22.2. The molecule has 2 aromatic carbocycles. The van der Waals surface area contributed by atoms with Crippen LogP contribution in [0.1, 0.15) is 23.5 Å². The predicted octanol–water partition coefficient (Wildman–Crippen LogP) is 2.77. The first-order valence-corrected chi connectivity index (χ1v) is 11.0. The number of aromatic hydroxyl groups is 1. The number of hydrogen-bond donors (Lipinski definition) is 3. The zero-order valence-electron chi connectivity index (χ0n) is 18.6. The molecule has 0 fully saturated rings. The lowest BCUT2D eigenvalue weighted by molar-refractivity contribution is -0.121. The molecule has 1 unspecified atom stereocenters. The fraction of sp³-hybridized carbons (Fsp3) is 0.200. The van der Waals surface area contributed by atoms with E-state index in [2.05, 4.69) is 20.6 Å².